The molecule has 0 amide bonds. The van der Waals surface area contributed by atoms with E-state index in [9.17, 15) is 19.8 Å². The zero-order valence-electron chi connectivity index (χ0n) is 21.0. The number of alkyl halides is 2. The van der Waals surface area contributed by atoms with Crippen molar-refractivity contribution in [1.29, 1.82) is 0 Å². The second kappa shape index (κ2) is 7.96. The Morgan fingerprint density at radius 2 is 2.00 bits per heavy atom. The van der Waals surface area contributed by atoms with Crippen molar-refractivity contribution in [3.8, 4) is 0 Å². The minimum atomic E-state index is -2.19. The van der Waals surface area contributed by atoms with Gasteiger partial charge >= 0.3 is 5.97 Å². The number of allylic oxidation sites excluding steroid dienone is 4. The molecule has 1 aromatic carbocycles. The number of ketones is 1. The van der Waals surface area contributed by atoms with Crippen molar-refractivity contribution in [3.63, 3.8) is 0 Å². The molecule has 1 saturated heterocycles. The maximum atomic E-state index is 17.4. The maximum Gasteiger partial charge on any atom is 0.311 e. The lowest BCUT2D eigenvalue weighted by Crippen LogP contribution is -2.69. The van der Waals surface area contributed by atoms with E-state index in [-0.39, 0.29) is 36.7 Å². The Labute approximate surface area is 220 Å². The number of aliphatic hydroxyl groups is 1. The average molecular weight is 532 g/mol. The first-order chi connectivity index (χ1) is 17.4. The van der Waals surface area contributed by atoms with E-state index in [4.69, 9.17) is 11.6 Å². The second-order valence-electron chi connectivity index (χ2n) is 12.4. The molecule has 1 heterocycles. The number of fused-ring (bicyclic) bond motifs is 7. The van der Waals surface area contributed by atoms with Gasteiger partial charge in [-0.05, 0) is 78.9 Å². The van der Waals surface area contributed by atoms with Crippen LogP contribution in [0, 0.1) is 34.0 Å². The third-order valence-corrected chi connectivity index (χ3v) is 11.1. The van der Waals surface area contributed by atoms with Crippen LogP contribution in [0.5, 0.6) is 0 Å². The van der Waals surface area contributed by atoms with E-state index in [1.807, 2.05) is 25.1 Å². The van der Waals surface area contributed by atoms with Crippen LogP contribution in [0.25, 0.3) is 0 Å². The molecular formula is C29H32ClF2NO4. The van der Waals surface area contributed by atoms with Crippen LogP contribution in [-0.2, 0) is 16.1 Å². The lowest BCUT2D eigenvalue weighted by Gasteiger charge is -2.63. The van der Waals surface area contributed by atoms with Crippen molar-refractivity contribution < 1.29 is 28.6 Å². The molecule has 0 spiro atoms. The molecule has 5 aliphatic rings. The van der Waals surface area contributed by atoms with Crippen LogP contribution in [-0.4, -0.2) is 57.9 Å². The summed E-state index contributed by atoms with van der Waals surface area (Å²) in [4.78, 5) is 27.2. The number of likely N-dealkylation sites (tertiary alicyclic amines) is 1. The zero-order chi connectivity index (χ0) is 26.5. The Hall–Kier alpha value is -2.09. The molecule has 3 saturated carbocycles. The van der Waals surface area contributed by atoms with Crippen molar-refractivity contribution in [3.05, 3.63) is 58.7 Å². The zero-order valence-corrected chi connectivity index (χ0v) is 21.7. The quantitative estimate of drug-likeness (QED) is 0.587. The summed E-state index contributed by atoms with van der Waals surface area (Å²) in [6.07, 6.45) is 1.12. The van der Waals surface area contributed by atoms with E-state index in [1.165, 1.54) is 18.2 Å². The molecule has 8 heteroatoms. The number of hydrogen-bond donors (Lipinski definition) is 2. The van der Waals surface area contributed by atoms with Gasteiger partial charge in [0.05, 0.1) is 11.5 Å². The highest BCUT2D eigenvalue weighted by molar-refractivity contribution is 6.30. The molecule has 5 nitrogen and oxygen atoms in total. The maximum absolute atomic E-state index is 17.4. The van der Waals surface area contributed by atoms with Crippen LogP contribution in [0.1, 0.15) is 38.7 Å². The molecule has 0 radical (unpaired) electrons. The summed E-state index contributed by atoms with van der Waals surface area (Å²) in [5.41, 5.74) is -4.68. The van der Waals surface area contributed by atoms with E-state index in [0.29, 0.717) is 24.5 Å². The predicted molar refractivity (Wildman–Crippen MR) is 134 cm³/mol. The van der Waals surface area contributed by atoms with E-state index < -0.39 is 52.0 Å². The number of hydrogen-bond acceptors (Lipinski definition) is 4. The molecule has 0 bridgehead atoms. The molecule has 198 valence electrons. The van der Waals surface area contributed by atoms with E-state index >= 15 is 8.78 Å². The van der Waals surface area contributed by atoms with Gasteiger partial charge in [-0.25, -0.2) is 8.78 Å². The standard InChI is InChI=1S/C29H32ClF2NO4/c1-26-7-6-19(34)10-22(26)23(31)11-21-20-9-17-14-33(13-16-4-3-5-18(30)8-16)15-28(17,25(36)37)27(20,2)12-24(35)29(21,26)32/h3-8,10,17,20-21,23-24,35H,9,11-15H2,1-2H3,(H,36,37). The number of carboxylic acids is 1. The first kappa shape index (κ1) is 25.2. The van der Waals surface area contributed by atoms with Crippen LogP contribution < -0.4 is 0 Å². The van der Waals surface area contributed by atoms with Gasteiger partial charge < -0.3 is 10.2 Å². The van der Waals surface area contributed by atoms with Crippen molar-refractivity contribution in [2.75, 3.05) is 13.1 Å². The Morgan fingerprint density at radius 1 is 1.24 bits per heavy atom. The molecule has 37 heavy (non-hydrogen) atoms. The average Bonchev–Trinajstić information content (AvgIpc) is 3.30. The number of halogens is 3. The van der Waals surface area contributed by atoms with Gasteiger partial charge in [0.1, 0.15) is 6.17 Å². The molecule has 1 aliphatic heterocycles. The summed E-state index contributed by atoms with van der Waals surface area (Å²) in [7, 11) is 0. The van der Waals surface area contributed by atoms with Crippen molar-refractivity contribution in [2.45, 2.75) is 57.6 Å². The van der Waals surface area contributed by atoms with Gasteiger partial charge in [0, 0.05) is 36.0 Å². The first-order valence-corrected chi connectivity index (χ1v) is 13.4. The van der Waals surface area contributed by atoms with E-state index in [1.54, 1.807) is 13.0 Å². The molecule has 0 aromatic heterocycles. The normalized spacial score (nSPS) is 46.6. The number of carbonyl (C=O) groups is 2. The Kier molecular flexibility index (Phi) is 5.42. The van der Waals surface area contributed by atoms with Gasteiger partial charge in [-0.1, -0.05) is 36.7 Å². The number of carbonyl (C=O) groups excluding carboxylic acids is 1. The highest BCUT2D eigenvalue weighted by Crippen LogP contribution is 2.74. The Morgan fingerprint density at radius 3 is 2.70 bits per heavy atom. The minimum absolute atomic E-state index is 0.0277. The fourth-order valence-corrected chi connectivity index (χ4v) is 9.46. The van der Waals surface area contributed by atoms with Gasteiger partial charge in [-0.2, -0.15) is 0 Å². The van der Waals surface area contributed by atoms with Gasteiger partial charge in [0.2, 0.25) is 0 Å². The monoisotopic (exact) mass is 531 g/mol. The number of aliphatic hydroxyl groups excluding tert-OH is 1. The third kappa shape index (κ3) is 3.08. The first-order valence-electron chi connectivity index (χ1n) is 13.0. The molecule has 2 N–H and O–H groups in total. The van der Waals surface area contributed by atoms with Crippen molar-refractivity contribution in [1.82, 2.24) is 4.90 Å². The summed E-state index contributed by atoms with van der Waals surface area (Å²) < 4.78 is 33.0. The van der Waals surface area contributed by atoms with Gasteiger partial charge in [-0.15, -0.1) is 0 Å². The third-order valence-electron chi connectivity index (χ3n) is 10.9. The topological polar surface area (TPSA) is 77.8 Å². The van der Waals surface area contributed by atoms with Crippen molar-refractivity contribution >= 4 is 23.4 Å². The minimum Gasteiger partial charge on any atom is -0.481 e. The largest absolute Gasteiger partial charge is 0.481 e. The second-order valence-corrected chi connectivity index (χ2v) is 12.8. The fourth-order valence-electron chi connectivity index (χ4n) is 9.24. The van der Waals surface area contributed by atoms with Crippen LogP contribution in [0.4, 0.5) is 8.78 Å². The molecule has 9 atom stereocenters. The molecule has 1 aromatic rings. The van der Waals surface area contributed by atoms with Crippen molar-refractivity contribution in [2.24, 2.45) is 34.0 Å². The van der Waals surface area contributed by atoms with E-state index in [2.05, 4.69) is 4.90 Å². The summed E-state index contributed by atoms with van der Waals surface area (Å²) in [6.45, 7) is 4.80. The Balaban J connectivity index is 1.38. The highest BCUT2D eigenvalue weighted by atomic mass is 35.5. The summed E-state index contributed by atoms with van der Waals surface area (Å²) >= 11 is 6.16. The van der Waals surface area contributed by atoms with Gasteiger partial charge in [-0.3, -0.25) is 14.5 Å². The van der Waals surface area contributed by atoms with Crippen LogP contribution >= 0.6 is 11.6 Å². The molecule has 4 aliphatic carbocycles. The van der Waals surface area contributed by atoms with Crippen LogP contribution in [0.2, 0.25) is 5.02 Å². The number of benzene rings is 1. The molecule has 4 fully saturated rings. The Bertz CT molecular complexity index is 1250. The smallest absolute Gasteiger partial charge is 0.311 e. The summed E-state index contributed by atoms with van der Waals surface area (Å²) in [5, 5.41) is 22.8. The number of carboxylic acid groups (broad SMARTS) is 1. The predicted octanol–water partition coefficient (Wildman–Crippen LogP) is 4.77. The van der Waals surface area contributed by atoms with Gasteiger partial charge in [0.25, 0.3) is 0 Å². The number of rotatable bonds is 3. The molecule has 6 rings (SSSR count). The summed E-state index contributed by atoms with van der Waals surface area (Å²) in [6, 6.07) is 7.48. The molecule has 9 unspecified atom stereocenters. The number of aliphatic carboxylic acids is 1. The van der Waals surface area contributed by atoms with Crippen LogP contribution in [0.15, 0.2) is 48.1 Å². The lowest BCUT2D eigenvalue weighted by atomic mass is 9.43. The summed E-state index contributed by atoms with van der Waals surface area (Å²) in [5.74, 6) is -2.83. The van der Waals surface area contributed by atoms with Gasteiger partial charge in [0.15, 0.2) is 11.5 Å². The SMILES string of the molecule is CC12C=CC(=O)C=C1C(F)CC1C3CC4CN(Cc5cccc(Cl)c5)CC4(C(=O)O)C3(C)CC(O)C12F. The highest BCUT2D eigenvalue weighted by Gasteiger charge is 2.78. The lowest BCUT2D eigenvalue weighted by molar-refractivity contribution is -0.215. The number of nitrogens with zero attached hydrogens (tertiary/aromatic N) is 1. The van der Waals surface area contributed by atoms with Crippen LogP contribution in [0.3, 0.4) is 0 Å². The molecular weight excluding hydrogens is 500 g/mol. The fraction of sp³-hybridized carbons (Fsp3) is 0.586. The van der Waals surface area contributed by atoms with E-state index in [0.717, 1.165) is 5.56 Å².